The average molecular weight is 402 g/mol. The zero-order valence-corrected chi connectivity index (χ0v) is 16.0. The molecular formula is C20H20ClN3O4. The first-order valence-electron chi connectivity index (χ1n) is 9.50. The van der Waals surface area contributed by atoms with Gasteiger partial charge in [-0.2, -0.15) is 0 Å². The van der Waals surface area contributed by atoms with Crippen LogP contribution in [-0.4, -0.2) is 51.7 Å². The standard InChI is InChI=1S/C20H20ClN3O4/c21-17-10-14(28-22-17)6-7-18(25)23-9-8-20-16(23)11-19(26)24(20)15(12-27-20)13-4-2-1-3-5-13/h1-5,10,15-16H,6-9,11-12H2/t15-,16+,20-/m0/s1. The Morgan fingerprint density at radius 2 is 2.14 bits per heavy atom. The monoisotopic (exact) mass is 401 g/mol. The third-order valence-electron chi connectivity index (χ3n) is 6.08. The number of hydrogen-bond donors (Lipinski definition) is 0. The van der Waals surface area contributed by atoms with Gasteiger partial charge in [0.2, 0.25) is 11.8 Å². The van der Waals surface area contributed by atoms with Crippen molar-refractivity contribution in [2.45, 2.75) is 43.5 Å². The van der Waals surface area contributed by atoms with Gasteiger partial charge in [-0.3, -0.25) is 9.59 Å². The van der Waals surface area contributed by atoms with Gasteiger partial charge in [-0.1, -0.05) is 47.1 Å². The summed E-state index contributed by atoms with van der Waals surface area (Å²) >= 11 is 5.76. The molecular weight excluding hydrogens is 382 g/mol. The van der Waals surface area contributed by atoms with Crippen molar-refractivity contribution in [3.05, 3.63) is 52.9 Å². The number of ether oxygens (including phenoxy) is 1. The van der Waals surface area contributed by atoms with Crippen LogP contribution < -0.4 is 0 Å². The van der Waals surface area contributed by atoms with Crippen molar-refractivity contribution in [1.29, 1.82) is 0 Å². The van der Waals surface area contributed by atoms with E-state index in [2.05, 4.69) is 5.16 Å². The molecule has 3 aliphatic rings. The van der Waals surface area contributed by atoms with Crippen LogP contribution in [0.1, 0.15) is 36.6 Å². The number of rotatable bonds is 4. The van der Waals surface area contributed by atoms with Gasteiger partial charge in [0, 0.05) is 31.9 Å². The second kappa shape index (κ2) is 6.60. The molecule has 3 atom stereocenters. The van der Waals surface area contributed by atoms with Gasteiger partial charge in [0.05, 0.1) is 25.1 Å². The predicted octanol–water partition coefficient (Wildman–Crippen LogP) is 2.56. The first kappa shape index (κ1) is 17.7. The lowest BCUT2D eigenvalue weighted by atomic mass is 10.0. The van der Waals surface area contributed by atoms with Crippen LogP contribution in [0.5, 0.6) is 0 Å². The van der Waals surface area contributed by atoms with E-state index in [4.69, 9.17) is 20.9 Å². The summed E-state index contributed by atoms with van der Waals surface area (Å²) < 4.78 is 11.3. The first-order valence-corrected chi connectivity index (χ1v) is 9.88. The molecule has 5 rings (SSSR count). The van der Waals surface area contributed by atoms with Crippen molar-refractivity contribution in [3.8, 4) is 0 Å². The van der Waals surface area contributed by atoms with Crippen molar-refractivity contribution < 1.29 is 18.8 Å². The minimum atomic E-state index is -0.692. The Morgan fingerprint density at radius 3 is 2.89 bits per heavy atom. The van der Waals surface area contributed by atoms with Gasteiger partial charge >= 0.3 is 0 Å². The van der Waals surface area contributed by atoms with Crippen LogP contribution in [0.4, 0.5) is 0 Å². The van der Waals surface area contributed by atoms with Gasteiger partial charge in [0.1, 0.15) is 5.76 Å². The fraction of sp³-hybridized carbons (Fsp3) is 0.450. The van der Waals surface area contributed by atoms with Gasteiger partial charge in [-0.05, 0) is 5.56 Å². The van der Waals surface area contributed by atoms with Crippen molar-refractivity contribution in [1.82, 2.24) is 15.0 Å². The van der Waals surface area contributed by atoms with Gasteiger partial charge in [0.25, 0.3) is 0 Å². The maximum Gasteiger partial charge on any atom is 0.227 e. The smallest absolute Gasteiger partial charge is 0.227 e. The van der Waals surface area contributed by atoms with Crippen molar-refractivity contribution in [2.75, 3.05) is 13.2 Å². The number of nitrogens with zero attached hydrogens (tertiary/aromatic N) is 3. The Balaban J connectivity index is 1.33. The summed E-state index contributed by atoms with van der Waals surface area (Å²) in [7, 11) is 0. The number of likely N-dealkylation sites (tertiary alicyclic amines) is 1. The van der Waals surface area contributed by atoms with E-state index < -0.39 is 5.72 Å². The number of carbonyl (C=O) groups excluding carboxylic acids is 2. The maximum absolute atomic E-state index is 12.9. The number of aryl methyl sites for hydroxylation is 1. The van der Waals surface area contributed by atoms with Crippen LogP contribution in [0, 0.1) is 0 Å². The molecule has 2 aromatic rings. The van der Waals surface area contributed by atoms with Crippen molar-refractivity contribution >= 4 is 23.4 Å². The molecule has 0 bridgehead atoms. The molecule has 28 heavy (non-hydrogen) atoms. The van der Waals surface area contributed by atoms with Crippen LogP contribution >= 0.6 is 11.6 Å². The highest BCUT2D eigenvalue weighted by Crippen LogP contribution is 2.51. The Labute approximate surface area is 167 Å². The van der Waals surface area contributed by atoms with Gasteiger partial charge in [0.15, 0.2) is 10.9 Å². The topological polar surface area (TPSA) is 75.9 Å². The van der Waals surface area contributed by atoms with Crippen LogP contribution in [0.25, 0.3) is 0 Å². The highest BCUT2D eigenvalue weighted by atomic mass is 35.5. The summed E-state index contributed by atoms with van der Waals surface area (Å²) in [6.07, 6.45) is 1.67. The number of carbonyl (C=O) groups is 2. The minimum absolute atomic E-state index is 0.00388. The molecule has 0 unspecified atom stereocenters. The molecule has 7 nitrogen and oxygen atoms in total. The lowest BCUT2D eigenvalue weighted by Crippen LogP contribution is -2.49. The largest absolute Gasteiger partial charge is 0.360 e. The SMILES string of the molecule is O=C(CCc1cc(Cl)no1)N1CC[C@@]23OC[C@@H](c4ccccc4)N2C(=O)C[C@@H]13. The van der Waals surface area contributed by atoms with Gasteiger partial charge < -0.3 is 19.1 Å². The number of benzene rings is 1. The minimum Gasteiger partial charge on any atom is -0.360 e. The molecule has 1 spiro atoms. The molecule has 0 saturated carbocycles. The summed E-state index contributed by atoms with van der Waals surface area (Å²) in [4.78, 5) is 29.4. The highest BCUT2D eigenvalue weighted by molar-refractivity contribution is 6.29. The molecule has 4 heterocycles. The Bertz CT molecular complexity index is 917. The summed E-state index contributed by atoms with van der Waals surface area (Å²) in [5.41, 5.74) is 0.378. The van der Waals surface area contributed by atoms with Crippen molar-refractivity contribution in [2.24, 2.45) is 0 Å². The molecule has 0 aliphatic carbocycles. The normalized spacial score (nSPS) is 28.7. The van der Waals surface area contributed by atoms with E-state index in [9.17, 15) is 9.59 Å². The first-order chi connectivity index (χ1) is 13.6. The van der Waals surface area contributed by atoms with Crippen LogP contribution in [0.15, 0.2) is 40.9 Å². The summed E-state index contributed by atoms with van der Waals surface area (Å²) in [6.45, 7) is 1.05. The number of amides is 2. The van der Waals surface area contributed by atoms with E-state index in [-0.39, 0.29) is 35.5 Å². The molecule has 8 heteroatoms. The molecule has 0 N–H and O–H groups in total. The third-order valence-corrected chi connectivity index (χ3v) is 6.25. The van der Waals surface area contributed by atoms with E-state index in [1.165, 1.54) is 0 Å². The van der Waals surface area contributed by atoms with E-state index in [1.54, 1.807) is 6.07 Å². The van der Waals surface area contributed by atoms with Crippen LogP contribution in [-0.2, 0) is 20.7 Å². The Morgan fingerprint density at radius 1 is 1.32 bits per heavy atom. The number of halogens is 1. The number of hydrogen-bond acceptors (Lipinski definition) is 5. The molecule has 1 aromatic heterocycles. The average Bonchev–Trinajstić information content (AvgIpc) is 3.43. The lowest BCUT2D eigenvalue weighted by molar-refractivity contribution is -0.141. The molecule has 146 valence electrons. The van der Waals surface area contributed by atoms with Crippen LogP contribution in [0.3, 0.4) is 0 Å². The Kier molecular flexibility index (Phi) is 4.17. The maximum atomic E-state index is 12.9. The summed E-state index contributed by atoms with van der Waals surface area (Å²) in [5.74, 6) is 0.629. The van der Waals surface area contributed by atoms with E-state index in [0.717, 1.165) is 5.56 Å². The van der Waals surface area contributed by atoms with Gasteiger partial charge in [-0.25, -0.2) is 0 Å². The molecule has 3 aliphatic heterocycles. The Hall–Kier alpha value is -2.38. The van der Waals surface area contributed by atoms with E-state index >= 15 is 0 Å². The molecule has 3 fully saturated rings. The fourth-order valence-corrected chi connectivity index (χ4v) is 5.00. The zero-order chi connectivity index (χ0) is 19.3. The predicted molar refractivity (Wildman–Crippen MR) is 99.3 cm³/mol. The van der Waals surface area contributed by atoms with E-state index in [0.29, 0.717) is 38.2 Å². The van der Waals surface area contributed by atoms with Crippen LogP contribution in [0.2, 0.25) is 5.15 Å². The molecule has 2 amide bonds. The van der Waals surface area contributed by atoms with Gasteiger partial charge in [-0.15, -0.1) is 0 Å². The third kappa shape index (κ3) is 2.64. The number of aromatic nitrogens is 1. The molecule has 1 aromatic carbocycles. The zero-order valence-electron chi connectivity index (χ0n) is 15.2. The molecule has 0 radical (unpaired) electrons. The van der Waals surface area contributed by atoms with Crippen molar-refractivity contribution in [3.63, 3.8) is 0 Å². The van der Waals surface area contributed by atoms with E-state index in [1.807, 2.05) is 40.1 Å². The lowest BCUT2D eigenvalue weighted by Gasteiger charge is -2.33. The quantitative estimate of drug-likeness (QED) is 0.787. The summed E-state index contributed by atoms with van der Waals surface area (Å²) in [5, 5.41) is 3.91. The molecule has 3 saturated heterocycles. The fourth-order valence-electron chi connectivity index (χ4n) is 4.84. The second-order valence-corrected chi connectivity index (χ2v) is 7.91. The highest BCUT2D eigenvalue weighted by Gasteiger charge is 2.65. The summed E-state index contributed by atoms with van der Waals surface area (Å²) in [6, 6.07) is 11.2. The second-order valence-electron chi connectivity index (χ2n) is 7.52.